The Morgan fingerprint density at radius 1 is 1.06 bits per heavy atom. The van der Waals surface area contributed by atoms with Gasteiger partial charge in [0.2, 0.25) is 0 Å². The normalized spacial score (nSPS) is 33.3. The fraction of sp³-hybridized carbons (Fsp3) is 0.467. The molecule has 2 fully saturated rings. The number of rotatable bonds is 1. The van der Waals surface area contributed by atoms with Crippen LogP contribution in [0.15, 0.2) is 36.4 Å². The molecule has 0 unspecified atom stereocenters. The van der Waals surface area contributed by atoms with Crippen molar-refractivity contribution in [2.45, 2.75) is 16.9 Å². The van der Waals surface area contributed by atoms with Crippen LogP contribution in [-0.4, -0.2) is 15.6 Å². The molecule has 2 aliphatic carbocycles. The van der Waals surface area contributed by atoms with Crippen molar-refractivity contribution in [3.05, 3.63) is 42.0 Å². The second-order valence-electron chi connectivity index (χ2n) is 5.24. The third-order valence-electron chi connectivity index (χ3n) is 4.34. The summed E-state index contributed by atoms with van der Waals surface area (Å²) in [6, 6.07) is 11.0. The molecule has 2 bridgehead atoms. The first-order valence-electron chi connectivity index (χ1n) is 6.42. The van der Waals surface area contributed by atoms with Crippen LogP contribution < -0.4 is 0 Å². The summed E-state index contributed by atoms with van der Waals surface area (Å²) in [6.45, 7) is 0. The highest BCUT2D eigenvalue weighted by Gasteiger charge is 2.53. The van der Waals surface area contributed by atoms with Gasteiger partial charge < -0.3 is 0 Å². The molecule has 1 heterocycles. The van der Waals surface area contributed by atoms with Crippen molar-refractivity contribution < 1.29 is 0 Å². The highest BCUT2D eigenvalue weighted by atomic mass is 32.2. The Morgan fingerprint density at radius 3 is 2.47 bits per heavy atom. The average molecular weight is 260 g/mol. The first-order valence-corrected chi connectivity index (χ1v) is 8.40. The Bertz CT molecular complexity index is 457. The van der Waals surface area contributed by atoms with Gasteiger partial charge in [0.25, 0.3) is 0 Å². The second kappa shape index (κ2) is 3.83. The quantitative estimate of drug-likeness (QED) is 0.739. The second-order valence-corrected chi connectivity index (χ2v) is 8.35. The minimum absolute atomic E-state index is 0.572. The number of thioether (sulfide) groups is 2. The molecule has 1 saturated heterocycles. The maximum atomic E-state index is 2.59. The first-order chi connectivity index (χ1) is 8.37. The van der Waals surface area contributed by atoms with Gasteiger partial charge in [0, 0.05) is 17.4 Å². The van der Waals surface area contributed by atoms with Crippen LogP contribution in [0.5, 0.6) is 0 Å². The largest absolute Gasteiger partial charge is 0.143 e. The Labute approximate surface area is 111 Å². The molecule has 2 atom stereocenters. The zero-order chi connectivity index (χ0) is 11.3. The van der Waals surface area contributed by atoms with Crippen molar-refractivity contribution in [2.24, 2.45) is 11.8 Å². The van der Waals surface area contributed by atoms with Gasteiger partial charge in [-0.15, -0.1) is 23.5 Å². The molecule has 0 aromatic heterocycles. The lowest BCUT2D eigenvalue weighted by atomic mass is 9.92. The lowest BCUT2D eigenvalue weighted by molar-refractivity contribution is 0.679. The van der Waals surface area contributed by atoms with E-state index in [2.05, 4.69) is 59.9 Å². The molecule has 1 aliphatic heterocycles. The topological polar surface area (TPSA) is 0 Å². The van der Waals surface area contributed by atoms with Gasteiger partial charge in [-0.3, -0.25) is 0 Å². The van der Waals surface area contributed by atoms with Crippen molar-refractivity contribution in [2.75, 3.05) is 11.5 Å². The smallest absolute Gasteiger partial charge is 0.0680 e. The fourth-order valence-corrected chi connectivity index (χ4v) is 7.20. The number of fused-ring (bicyclic) bond motifs is 3. The molecule has 17 heavy (non-hydrogen) atoms. The van der Waals surface area contributed by atoms with Gasteiger partial charge in [-0.2, -0.15) is 0 Å². The Hall–Kier alpha value is -0.340. The molecule has 3 aliphatic rings. The summed E-state index contributed by atoms with van der Waals surface area (Å²) in [6.07, 6.45) is 5.41. The van der Waals surface area contributed by atoms with Crippen molar-refractivity contribution >= 4 is 29.1 Å². The van der Waals surface area contributed by atoms with E-state index in [9.17, 15) is 0 Å². The molecule has 2 heteroatoms. The van der Waals surface area contributed by atoms with Gasteiger partial charge in [-0.1, -0.05) is 36.4 Å². The molecular weight excluding hydrogens is 244 g/mol. The van der Waals surface area contributed by atoms with E-state index in [4.69, 9.17) is 0 Å². The molecule has 1 saturated carbocycles. The van der Waals surface area contributed by atoms with Crippen LogP contribution in [0.1, 0.15) is 18.4 Å². The summed E-state index contributed by atoms with van der Waals surface area (Å²) in [5, 5.41) is 0. The summed E-state index contributed by atoms with van der Waals surface area (Å²) >= 11 is 4.46. The van der Waals surface area contributed by atoms with Crippen LogP contribution in [0.4, 0.5) is 0 Å². The number of hydrogen-bond donors (Lipinski definition) is 0. The minimum Gasteiger partial charge on any atom is -0.143 e. The monoisotopic (exact) mass is 260 g/mol. The molecule has 0 radical (unpaired) electrons. The average Bonchev–Trinajstić information content (AvgIpc) is 3.06. The maximum absolute atomic E-state index is 2.59. The zero-order valence-electron chi connectivity index (χ0n) is 9.76. The lowest BCUT2D eigenvalue weighted by Crippen LogP contribution is -2.23. The number of benzene rings is 1. The van der Waals surface area contributed by atoms with Crippen LogP contribution in [0.3, 0.4) is 0 Å². The van der Waals surface area contributed by atoms with E-state index in [1.54, 1.807) is 5.57 Å². The Kier molecular flexibility index (Phi) is 2.38. The molecule has 0 amide bonds. The van der Waals surface area contributed by atoms with Crippen molar-refractivity contribution in [1.29, 1.82) is 0 Å². The molecule has 1 spiro atoms. The highest BCUT2D eigenvalue weighted by molar-refractivity contribution is 8.21. The molecule has 88 valence electrons. The summed E-state index contributed by atoms with van der Waals surface area (Å²) in [5.74, 6) is 4.39. The van der Waals surface area contributed by atoms with Crippen LogP contribution in [0, 0.1) is 11.8 Å². The summed E-state index contributed by atoms with van der Waals surface area (Å²) in [7, 11) is 0. The summed E-state index contributed by atoms with van der Waals surface area (Å²) < 4.78 is 0.572. The van der Waals surface area contributed by atoms with Crippen LogP contribution >= 0.6 is 23.5 Å². The van der Waals surface area contributed by atoms with Crippen molar-refractivity contribution in [1.82, 2.24) is 0 Å². The molecule has 0 nitrogen and oxygen atoms in total. The van der Waals surface area contributed by atoms with Gasteiger partial charge in [0.15, 0.2) is 0 Å². The zero-order valence-corrected chi connectivity index (χ0v) is 11.4. The maximum Gasteiger partial charge on any atom is 0.0680 e. The minimum atomic E-state index is 0.572. The van der Waals surface area contributed by atoms with E-state index in [0.717, 1.165) is 11.8 Å². The molecule has 1 aromatic carbocycles. The van der Waals surface area contributed by atoms with Gasteiger partial charge >= 0.3 is 0 Å². The lowest BCUT2D eigenvalue weighted by Gasteiger charge is -2.30. The van der Waals surface area contributed by atoms with E-state index < -0.39 is 0 Å². The van der Waals surface area contributed by atoms with Gasteiger partial charge in [0.05, 0.1) is 4.08 Å². The van der Waals surface area contributed by atoms with E-state index in [1.807, 2.05) is 0 Å². The van der Waals surface area contributed by atoms with Crippen LogP contribution in [-0.2, 0) is 0 Å². The third-order valence-corrected chi connectivity index (χ3v) is 8.04. The third kappa shape index (κ3) is 1.53. The predicted octanol–water partition coefficient (Wildman–Crippen LogP) is 4.29. The van der Waals surface area contributed by atoms with E-state index in [0.29, 0.717) is 4.08 Å². The Balaban J connectivity index is 1.68. The first kappa shape index (κ1) is 10.6. The highest BCUT2D eigenvalue weighted by Crippen LogP contribution is 2.65. The molecule has 1 aromatic rings. The Morgan fingerprint density at radius 2 is 1.82 bits per heavy atom. The molecule has 4 rings (SSSR count). The predicted molar refractivity (Wildman–Crippen MR) is 78.3 cm³/mol. The number of hydrogen-bond acceptors (Lipinski definition) is 2. The van der Waals surface area contributed by atoms with E-state index >= 15 is 0 Å². The molecule has 0 N–H and O–H groups in total. The van der Waals surface area contributed by atoms with E-state index in [1.165, 1.54) is 29.9 Å². The van der Waals surface area contributed by atoms with E-state index in [-0.39, 0.29) is 0 Å². The summed E-state index contributed by atoms with van der Waals surface area (Å²) in [5.41, 5.74) is 3.09. The number of allylic oxidation sites excluding steroid dienone is 2. The van der Waals surface area contributed by atoms with Crippen molar-refractivity contribution in [3.8, 4) is 0 Å². The van der Waals surface area contributed by atoms with Crippen molar-refractivity contribution in [3.63, 3.8) is 0 Å². The fourth-order valence-electron chi connectivity index (χ4n) is 3.61. The van der Waals surface area contributed by atoms with Crippen LogP contribution in [0.25, 0.3) is 5.57 Å². The van der Waals surface area contributed by atoms with Gasteiger partial charge in [-0.05, 0) is 29.9 Å². The SMILES string of the molecule is C1=C(c2ccccc2)[C@@H]2C[C@H]1C1(C2)SCCS1. The van der Waals surface area contributed by atoms with Gasteiger partial charge in [-0.25, -0.2) is 0 Å². The molecular formula is C15H16S2. The van der Waals surface area contributed by atoms with Gasteiger partial charge in [0.1, 0.15) is 0 Å². The standard InChI is InChI=1S/C15H16S2/c1-2-4-11(5-3-1)14-9-13-8-12(14)10-15(13)16-6-7-17-15/h1-5,9,12-13H,6-8,10H2/t12-,13-/m1/s1. The summed E-state index contributed by atoms with van der Waals surface area (Å²) in [4.78, 5) is 0. The van der Waals surface area contributed by atoms with Crippen LogP contribution in [0.2, 0.25) is 0 Å².